The second-order valence-electron chi connectivity index (χ2n) is 8.31. The number of fused-ring (bicyclic) bond motifs is 1. The van der Waals surface area contributed by atoms with E-state index in [0.717, 1.165) is 0 Å². The number of carbonyl (C=O) groups excluding carboxylic acids is 3. The highest BCUT2D eigenvalue weighted by Crippen LogP contribution is 2.23. The number of nitrogens with zero attached hydrogens (tertiary/aromatic N) is 3. The van der Waals surface area contributed by atoms with E-state index in [2.05, 4.69) is 21.8 Å². The Labute approximate surface area is 179 Å². The number of nitrogens with one attached hydrogen (secondary N) is 2. The number of unbranched alkanes of at least 4 members (excludes halogenated alkanes) is 2. The molecule has 1 aromatic heterocycles. The second kappa shape index (κ2) is 10.0. The van der Waals surface area contributed by atoms with Gasteiger partial charge in [-0.15, -0.1) is 0 Å². The van der Waals surface area contributed by atoms with Crippen LogP contribution in [0.2, 0.25) is 0 Å². The Balaban J connectivity index is 2.32. The van der Waals surface area contributed by atoms with Crippen LogP contribution in [0.25, 0.3) is 10.9 Å². The number of hydrogen-bond donors (Lipinski definition) is 3. The maximum Gasteiger partial charge on any atom is 0.273 e. The summed E-state index contributed by atoms with van der Waals surface area (Å²) in [6.45, 7) is 5.37. The molecule has 0 saturated carbocycles. The van der Waals surface area contributed by atoms with Crippen molar-refractivity contribution in [1.82, 2.24) is 20.4 Å². The van der Waals surface area contributed by atoms with Gasteiger partial charge in [-0.3, -0.25) is 19.1 Å². The van der Waals surface area contributed by atoms with E-state index in [-0.39, 0.29) is 12.2 Å². The van der Waals surface area contributed by atoms with Gasteiger partial charge in [0.2, 0.25) is 11.8 Å². The molecule has 0 aliphatic carbocycles. The molecule has 0 saturated heterocycles. The minimum absolute atomic E-state index is 0.00765. The zero-order valence-corrected chi connectivity index (χ0v) is 17.9. The molecule has 4 N–H and O–H groups in total. The number of rotatable bonds is 9. The van der Waals surface area contributed by atoms with Crippen molar-refractivity contribution in [3.05, 3.63) is 29.7 Å². The van der Waals surface area contributed by atoms with Crippen molar-refractivity contribution < 1.29 is 18.8 Å². The van der Waals surface area contributed by atoms with E-state index in [1.54, 1.807) is 31.5 Å². The van der Waals surface area contributed by atoms with Crippen molar-refractivity contribution in [2.45, 2.75) is 52.6 Å². The number of aryl methyl sites for hydroxylation is 1. The Hall–Kier alpha value is -3.48. The van der Waals surface area contributed by atoms with Crippen LogP contribution in [0.15, 0.2) is 18.2 Å². The maximum atomic E-state index is 13.9. The van der Waals surface area contributed by atoms with Crippen molar-refractivity contribution in [2.24, 2.45) is 11.1 Å². The van der Waals surface area contributed by atoms with Crippen LogP contribution in [0.5, 0.6) is 0 Å². The van der Waals surface area contributed by atoms with Crippen molar-refractivity contribution in [3.8, 4) is 6.07 Å². The smallest absolute Gasteiger partial charge is 0.273 e. The molecule has 0 bridgehead atoms. The fraction of sp³-hybridized carbons (Fsp3) is 0.476. The normalized spacial score (nSPS) is 12.2. The first-order valence-corrected chi connectivity index (χ1v) is 9.94. The van der Waals surface area contributed by atoms with Crippen LogP contribution in [0, 0.1) is 22.6 Å². The summed E-state index contributed by atoms with van der Waals surface area (Å²) in [5, 5.41) is 18.4. The molecule has 0 spiro atoms. The van der Waals surface area contributed by atoms with Crippen LogP contribution in [0.1, 0.15) is 50.5 Å². The molecular weight excluding hydrogens is 403 g/mol. The number of nitriles is 1. The van der Waals surface area contributed by atoms with E-state index >= 15 is 0 Å². The Morgan fingerprint density at radius 1 is 1.29 bits per heavy atom. The first-order chi connectivity index (χ1) is 14.5. The third-order valence-electron chi connectivity index (χ3n) is 4.68. The Bertz CT molecular complexity index is 1020. The van der Waals surface area contributed by atoms with E-state index in [4.69, 9.17) is 11.0 Å². The molecule has 1 heterocycles. The van der Waals surface area contributed by atoms with Gasteiger partial charge in [0, 0.05) is 18.4 Å². The van der Waals surface area contributed by atoms with Gasteiger partial charge in [0.05, 0.1) is 18.1 Å². The molecule has 0 fully saturated rings. The van der Waals surface area contributed by atoms with Crippen LogP contribution in [0.4, 0.5) is 4.39 Å². The summed E-state index contributed by atoms with van der Waals surface area (Å²) in [4.78, 5) is 36.6. The largest absolute Gasteiger partial charge is 0.368 e. The first kappa shape index (κ1) is 23.8. The number of halogens is 1. The number of carbonyl (C=O) groups is 3. The zero-order chi connectivity index (χ0) is 23.2. The van der Waals surface area contributed by atoms with Crippen molar-refractivity contribution >= 4 is 28.6 Å². The molecule has 10 heteroatoms. The van der Waals surface area contributed by atoms with Crippen LogP contribution < -0.4 is 16.4 Å². The third kappa shape index (κ3) is 6.25. The number of nitrogens with two attached hydrogens (primary N) is 1. The lowest BCUT2D eigenvalue weighted by atomic mass is 9.86. The number of benzene rings is 1. The van der Waals surface area contributed by atoms with Gasteiger partial charge in [-0.1, -0.05) is 20.8 Å². The van der Waals surface area contributed by atoms with Gasteiger partial charge in [-0.2, -0.15) is 10.4 Å². The van der Waals surface area contributed by atoms with Crippen LogP contribution in [-0.4, -0.2) is 40.1 Å². The molecular formula is C21H27FN6O3. The fourth-order valence-electron chi connectivity index (χ4n) is 3.11. The Morgan fingerprint density at radius 2 is 2.00 bits per heavy atom. The highest BCUT2D eigenvalue weighted by Gasteiger charge is 2.34. The lowest BCUT2D eigenvalue weighted by molar-refractivity contribution is -0.128. The summed E-state index contributed by atoms with van der Waals surface area (Å²) in [5.74, 6) is -2.42. The molecule has 31 heavy (non-hydrogen) atoms. The zero-order valence-electron chi connectivity index (χ0n) is 17.9. The molecule has 0 aliphatic heterocycles. The molecule has 0 aliphatic rings. The van der Waals surface area contributed by atoms with E-state index in [0.29, 0.717) is 36.7 Å². The standard InChI is InChI=1S/C21H27FN6O3/c1-21(2,3)18(20(31)25-12-16(24)29)26-19(30)17-14-11-13(22)7-8-15(14)28(27-17)10-6-4-5-9-23/h7-8,11,18H,4-6,10,12H2,1-3H3,(H2,24,29)(H,25,31)(H,26,30). The lowest BCUT2D eigenvalue weighted by Crippen LogP contribution is -2.54. The van der Waals surface area contributed by atoms with Gasteiger partial charge in [-0.05, 0) is 36.5 Å². The quantitative estimate of drug-likeness (QED) is 0.518. The molecule has 0 radical (unpaired) electrons. The van der Waals surface area contributed by atoms with Gasteiger partial charge >= 0.3 is 0 Å². The van der Waals surface area contributed by atoms with Gasteiger partial charge in [-0.25, -0.2) is 4.39 Å². The molecule has 1 unspecified atom stereocenters. The monoisotopic (exact) mass is 430 g/mol. The average molecular weight is 430 g/mol. The number of amides is 3. The van der Waals surface area contributed by atoms with E-state index in [1.165, 1.54) is 12.1 Å². The van der Waals surface area contributed by atoms with Crippen LogP contribution in [0.3, 0.4) is 0 Å². The van der Waals surface area contributed by atoms with E-state index < -0.39 is 35.0 Å². The molecule has 3 amide bonds. The molecule has 166 valence electrons. The van der Waals surface area contributed by atoms with E-state index in [9.17, 15) is 18.8 Å². The summed E-state index contributed by atoms with van der Waals surface area (Å²) < 4.78 is 15.5. The summed E-state index contributed by atoms with van der Waals surface area (Å²) in [6, 6.07) is 5.14. The second-order valence-corrected chi connectivity index (χ2v) is 8.31. The number of hydrogen-bond acceptors (Lipinski definition) is 5. The van der Waals surface area contributed by atoms with Crippen molar-refractivity contribution in [2.75, 3.05) is 6.54 Å². The number of primary amides is 1. The molecule has 1 atom stereocenters. The maximum absolute atomic E-state index is 13.9. The summed E-state index contributed by atoms with van der Waals surface area (Å²) >= 11 is 0. The minimum atomic E-state index is -0.983. The van der Waals surface area contributed by atoms with Gasteiger partial charge < -0.3 is 16.4 Å². The molecule has 9 nitrogen and oxygen atoms in total. The predicted octanol–water partition coefficient (Wildman–Crippen LogP) is 1.62. The van der Waals surface area contributed by atoms with Crippen LogP contribution >= 0.6 is 0 Å². The van der Waals surface area contributed by atoms with Crippen LogP contribution in [-0.2, 0) is 16.1 Å². The summed E-state index contributed by atoms with van der Waals surface area (Å²) in [6.07, 6.45) is 1.75. The third-order valence-corrected chi connectivity index (χ3v) is 4.68. The molecule has 2 aromatic rings. The minimum Gasteiger partial charge on any atom is -0.368 e. The van der Waals surface area contributed by atoms with Gasteiger partial charge in [0.1, 0.15) is 11.9 Å². The van der Waals surface area contributed by atoms with Gasteiger partial charge in [0.25, 0.3) is 5.91 Å². The lowest BCUT2D eigenvalue weighted by Gasteiger charge is -2.30. The number of aromatic nitrogens is 2. The van der Waals surface area contributed by atoms with Gasteiger partial charge in [0.15, 0.2) is 5.69 Å². The topological polar surface area (TPSA) is 143 Å². The van der Waals surface area contributed by atoms with Crippen molar-refractivity contribution in [1.29, 1.82) is 5.26 Å². The van der Waals surface area contributed by atoms with Crippen molar-refractivity contribution in [3.63, 3.8) is 0 Å². The predicted molar refractivity (Wildman–Crippen MR) is 112 cm³/mol. The highest BCUT2D eigenvalue weighted by molar-refractivity contribution is 6.06. The Morgan fingerprint density at radius 3 is 2.61 bits per heavy atom. The summed E-state index contributed by atoms with van der Waals surface area (Å²) in [7, 11) is 0. The first-order valence-electron chi connectivity index (χ1n) is 9.94. The van der Waals surface area contributed by atoms with E-state index in [1.807, 2.05) is 0 Å². The molecule has 1 aromatic carbocycles. The SMILES string of the molecule is CC(C)(C)C(NC(=O)c1nn(CCCCC#N)c2ccc(F)cc12)C(=O)NCC(N)=O. The summed E-state index contributed by atoms with van der Waals surface area (Å²) in [5.41, 5.74) is 4.96. The fourth-order valence-corrected chi connectivity index (χ4v) is 3.11. The average Bonchev–Trinajstić information content (AvgIpc) is 3.04. The highest BCUT2D eigenvalue weighted by atomic mass is 19.1. The Kier molecular flexibility index (Phi) is 7.69. The molecule has 2 rings (SSSR count).